The molecule has 0 aliphatic carbocycles. The number of rotatable bonds is 4. The molecule has 0 aliphatic rings. The van der Waals surface area contributed by atoms with Crippen LogP contribution in [0.15, 0.2) is 60.7 Å². The molecule has 1 atom stereocenters. The Kier molecular flexibility index (Phi) is 4.31. The Morgan fingerprint density at radius 1 is 1.08 bits per heavy atom. The molecule has 0 saturated heterocycles. The minimum Gasteiger partial charge on any atom is -0.497 e. The summed E-state index contributed by atoms with van der Waals surface area (Å²) in [6.07, 6.45) is 0. The molecule has 0 saturated carbocycles. The standard InChI is InChI=1S/C21H18N2O2S/c1-13(14-7-8-16-12-17(25-2)10-9-15(16)11-14)20(24)23-21-22-18-5-3-4-6-19(18)26-21/h3-13H,1-2H3,(H,22,23,24)/t13-/m0/s1. The first-order chi connectivity index (χ1) is 12.6. The highest BCUT2D eigenvalue weighted by molar-refractivity contribution is 7.22. The zero-order valence-electron chi connectivity index (χ0n) is 14.5. The lowest BCUT2D eigenvalue weighted by Gasteiger charge is -2.12. The van der Waals surface area contributed by atoms with Crippen LogP contribution < -0.4 is 10.1 Å². The zero-order valence-corrected chi connectivity index (χ0v) is 15.3. The third kappa shape index (κ3) is 3.13. The average Bonchev–Trinajstić information content (AvgIpc) is 3.08. The normalized spacial score (nSPS) is 12.2. The highest BCUT2D eigenvalue weighted by atomic mass is 32.1. The van der Waals surface area contributed by atoms with Crippen molar-refractivity contribution < 1.29 is 9.53 Å². The molecule has 1 N–H and O–H groups in total. The summed E-state index contributed by atoms with van der Waals surface area (Å²) in [5.74, 6) is 0.498. The maximum Gasteiger partial charge on any atom is 0.233 e. The molecule has 3 aromatic carbocycles. The second-order valence-electron chi connectivity index (χ2n) is 6.17. The molecule has 4 rings (SSSR count). The van der Waals surface area contributed by atoms with Crippen LogP contribution >= 0.6 is 11.3 Å². The molecule has 130 valence electrons. The van der Waals surface area contributed by atoms with Crippen molar-refractivity contribution in [1.29, 1.82) is 0 Å². The van der Waals surface area contributed by atoms with E-state index in [4.69, 9.17) is 4.74 Å². The van der Waals surface area contributed by atoms with Gasteiger partial charge in [-0.25, -0.2) is 4.98 Å². The van der Waals surface area contributed by atoms with E-state index in [1.54, 1.807) is 7.11 Å². The molecule has 4 nitrogen and oxygen atoms in total. The number of carbonyl (C=O) groups is 1. The van der Waals surface area contributed by atoms with Crippen molar-refractivity contribution in [3.05, 3.63) is 66.2 Å². The first kappa shape index (κ1) is 16.5. The smallest absolute Gasteiger partial charge is 0.233 e. The Bertz CT molecular complexity index is 1070. The minimum absolute atomic E-state index is 0.0584. The number of hydrogen-bond acceptors (Lipinski definition) is 4. The molecular formula is C21H18N2O2S. The monoisotopic (exact) mass is 362 g/mol. The van der Waals surface area contributed by atoms with E-state index in [2.05, 4.69) is 16.4 Å². The van der Waals surface area contributed by atoms with Crippen LogP contribution in [0.3, 0.4) is 0 Å². The van der Waals surface area contributed by atoms with Gasteiger partial charge in [-0.15, -0.1) is 0 Å². The Balaban J connectivity index is 1.56. The molecule has 0 spiro atoms. The molecule has 0 fully saturated rings. The van der Waals surface area contributed by atoms with Gasteiger partial charge in [0.1, 0.15) is 5.75 Å². The Labute approximate surface area is 155 Å². The van der Waals surface area contributed by atoms with E-state index in [0.29, 0.717) is 5.13 Å². The van der Waals surface area contributed by atoms with Crippen LogP contribution in [0.1, 0.15) is 18.4 Å². The van der Waals surface area contributed by atoms with E-state index >= 15 is 0 Å². The molecule has 0 unspecified atom stereocenters. The molecule has 1 heterocycles. The number of ether oxygens (including phenoxy) is 1. The van der Waals surface area contributed by atoms with Gasteiger partial charge in [0, 0.05) is 0 Å². The number of para-hydroxylation sites is 1. The van der Waals surface area contributed by atoms with E-state index in [-0.39, 0.29) is 11.8 Å². The predicted octanol–water partition coefficient (Wildman–Crippen LogP) is 5.20. The molecule has 4 aromatic rings. The fraction of sp³-hybridized carbons (Fsp3) is 0.143. The first-order valence-electron chi connectivity index (χ1n) is 8.38. The van der Waals surface area contributed by atoms with Gasteiger partial charge in [0.05, 0.1) is 23.2 Å². The average molecular weight is 362 g/mol. The lowest BCUT2D eigenvalue weighted by atomic mass is 9.97. The second-order valence-corrected chi connectivity index (χ2v) is 7.20. The zero-order chi connectivity index (χ0) is 18.1. The van der Waals surface area contributed by atoms with E-state index in [9.17, 15) is 4.79 Å². The van der Waals surface area contributed by atoms with Crippen molar-refractivity contribution in [1.82, 2.24) is 4.98 Å². The molecule has 1 aromatic heterocycles. The lowest BCUT2D eigenvalue weighted by molar-refractivity contribution is -0.117. The van der Waals surface area contributed by atoms with Crippen molar-refractivity contribution in [2.24, 2.45) is 0 Å². The van der Waals surface area contributed by atoms with E-state index < -0.39 is 0 Å². The van der Waals surface area contributed by atoms with Gasteiger partial charge in [-0.3, -0.25) is 4.79 Å². The number of thiazole rings is 1. The van der Waals surface area contributed by atoms with Crippen LogP contribution in [-0.4, -0.2) is 18.0 Å². The van der Waals surface area contributed by atoms with Crippen LogP contribution in [0.5, 0.6) is 5.75 Å². The number of nitrogens with one attached hydrogen (secondary N) is 1. The number of fused-ring (bicyclic) bond motifs is 2. The summed E-state index contributed by atoms with van der Waals surface area (Å²) in [5, 5.41) is 5.75. The van der Waals surface area contributed by atoms with Gasteiger partial charge in [-0.1, -0.05) is 47.7 Å². The number of methoxy groups -OCH3 is 1. The summed E-state index contributed by atoms with van der Waals surface area (Å²) < 4.78 is 6.32. The quantitative estimate of drug-likeness (QED) is 0.543. The predicted molar refractivity (Wildman–Crippen MR) is 107 cm³/mol. The third-order valence-electron chi connectivity index (χ3n) is 4.49. The van der Waals surface area contributed by atoms with Gasteiger partial charge >= 0.3 is 0 Å². The van der Waals surface area contributed by atoms with Crippen LogP contribution in [0.25, 0.3) is 21.0 Å². The van der Waals surface area contributed by atoms with Gasteiger partial charge in [-0.2, -0.15) is 0 Å². The van der Waals surface area contributed by atoms with E-state index in [0.717, 1.165) is 32.3 Å². The largest absolute Gasteiger partial charge is 0.497 e. The lowest BCUT2D eigenvalue weighted by Crippen LogP contribution is -2.18. The highest BCUT2D eigenvalue weighted by Gasteiger charge is 2.17. The summed E-state index contributed by atoms with van der Waals surface area (Å²) >= 11 is 1.49. The van der Waals surface area contributed by atoms with E-state index in [1.807, 2.05) is 61.5 Å². The fourth-order valence-corrected chi connectivity index (χ4v) is 3.80. The maximum atomic E-state index is 12.7. The Morgan fingerprint density at radius 3 is 2.65 bits per heavy atom. The maximum absolute atomic E-state index is 12.7. The van der Waals surface area contributed by atoms with Crippen molar-refractivity contribution >= 4 is 43.4 Å². The number of carbonyl (C=O) groups excluding carboxylic acids is 1. The molecular weight excluding hydrogens is 344 g/mol. The summed E-state index contributed by atoms with van der Waals surface area (Å²) in [6.45, 7) is 1.91. The number of hydrogen-bond donors (Lipinski definition) is 1. The third-order valence-corrected chi connectivity index (χ3v) is 5.44. The van der Waals surface area contributed by atoms with E-state index in [1.165, 1.54) is 11.3 Å². The summed E-state index contributed by atoms with van der Waals surface area (Å²) in [6, 6.07) is 19.9. The van der Waals surface area contributed by atoms with Gasteiger partial charge in [0.15, 0.2) is 5.13 Å². The van der Waals surface area contributed by atoms with Crippen LogP contribution in [0.4, 0.5) is 5.13 Å². The van der Waals surface area contributed by atoms with Gasteiger partial charge in [0.2, 0.25) is 5.91 Å². The van der Waals surface area contributed by atoms with Crippen molar-refractivity contribution in [2.45, 2.75) is 12.8 Å². The number of anilines is 1. The molecule has 0 aliphatic heterocycles. The summed E-state index contributed by atoms with van der Waals surface area (Å²) in [7, 11) is 1.66. The van der Waals surface area contributed by atoms with Gasteiger partial charge in [0.25, 0.3) is 0 Å². The Hall–Kier alpha value is -2.92. The highest BCUT2D eigenvalue weighted by Crippen LogP contribution is 2.28. The number of benzene rings is 3. The number of amides is 1. The molecule has 1 amide bonds. The molecule has 0 radical (unpaired) electrons. The fourth-order valence-electron chi connectivity index (χ4n) is 2.93. The first-order valence-corrected chi connectivity index (χ1v) is 9.20. The minimum atomic E-state index is -0.270. The second kappa shape index (κ2) is 6.77. The number of nitrogens with zero attached hydrogens (tertiary/aromatic N) is 1. The molecule has 26 heavy (non-hydrogen) atoms. The number of aromatic nitrogens is 1. The van der Waals surface area contributed by atoms with Crippen molar-refractivity contribution in [3.8, 4) is 5.75 Å². The van der Waals surface area contributed by atoms with Crippen LogP contribution in [0, 0.1) is 0 Å². The topological polar surface area (TPSA) is 51.2 Å². The van der Waals surface area contributed by atoms with Gasteiger partial charge < -0.3 is 10.1 Å². The Morgan fingerprint density at radius 2 is 1.85 bits per heavy atom. The summed E-state index contributed by atoms with van der Waals surface area (Å²) in [4.78, 5) is 17.1. The molecule has 0 bridgehead atoms. The van der Waals surface area contributed by atoms with Gasteiger partial charge in [-0.05, 0) is 47.5 Å². The summed E-state index contributed by atoms with van der Waals surface area (Å²) in [5.41, 5.74) is 1.88. The van der Waals surface area contributed by atoms with Crippen molar-refractivity contribution in [2.75, 3.05) is 12.4 Å². The molecule has 5 heteroatoms. The van der Waals surface area contributed by atoms with Crippen LogP contribution in [-0.2, 0) is 4.79 Å². The van der Waals surface area contributed by atoms with Crippen molar-refractivity contribution in [3.63, 3.8) is 0 Å². The van der Waals surface area contributed by atoms with Crippen LogP contribution in [0.2, 0.25) is 0 Å². The SMILES string of the molecule is COc1ccc2cc([C@H](C)C(=O)Nc3nc4ccccc4s3)ccc2c1.